The van der Waals surface area contributed by atoms with Crippen LogP contribution in [0.3, 0.4) is 0 Å². The predicted octanol–water partition coefficient (Wildman–Crippen LogP) is 17.1. The Kier molecular flexibility index (Phi) is 9.42. The van der Waals surface area contributed by atoms with E-state index in [4.69, 9.17) is 0 Å². The highest BCUT2D eigenvalue weighted by Gasteiger charge is 2.21. The van der Waals surface area contributed by atoms with Crippen LogP contribution in [-0.4, -0.2) is 0 Å². The third-order valence-corrected chi connectivity index (χ3v) is 12.8. The van der Waals surface area contributed by atoms with Gasteiger partial charge in [0, 0.05) is 54.0 Å². The molecule has 11 rings (SSSR count). The Bertz CT molecular complexity index is 3240. The van der Waals surface area contributed by atoms with Gasteiger partial charge in [-0.3, -0.25) is 0 Å². The fourth-order valence-electron chi connectivity index (χ4n) is 8.68. The van der Waals surface area contributed by atoms with E-state index in [-0.39, 0.29) is 0 Å². The van der Waals surface area contributed by atoms with Gasteiger partial charge in [0.05, 0.1) is 11.4 Å². The van der Waals surface area contributed by atoms with Gasteiger partial charge in [0.1, 0.15) is 0 Å². The summed E-state index contributed by atoms with van der Waals surface area (Å²) in [6.45, 7) is 0. The molecule has 0 saturated heterocycles. The molecule has 0 unspecified atom stereocenters. The van der Waals surface area contributed by atoms with Crippen LogP contribution in [0.5, 0.6) is 0 Å². The second-order valence-electron chi connectivity index (χ2n) is 15.3. The minimum Gasteiger partial charge on any atom is -0.310 e. The SMILES string of the molecule is c1ccc(-c2cc3ccccc3cc2N(c2ccc(-c3ccc(-c4ccccc4N(c4ccccc4)c4ccccc4)cc3)cc2)c2ccc3c(c2)sc2ccccc23)cc1. The number of rotatable bonds is 9. The summed E-state index contributed by atoms with van der Waals surface area (Å²) < 4.78 is 2.58. The highest BCUT2D eigenvalue weighted by atomic mass is 32.1. The largest absolute Gasteiger partial charge is 0.310 e. The van der Waals surface area contributed by atoms with Crippen molar-refractivity contribution in [2.75, 3.05) is 9.80 Å². The first-order valence-electron chi connectivity index (χ1n) is 20.7. The number of para-hydroxylation sites is 3. The first kappa shape index (κ1) is 36.4. The minimum absolute atomic E-state index is 1.10. The van der Waals surface area contributed by atoms with Gasteiger partial charge in [0.2, 0.25) is 0 Å². The Morgan fingerprint density at radius 3 is 1.44 bits per heavy atom. The van der Waals surface area contributed by atoms with Crippen LogP contribution >= 0.6 is 11.3 Å². The highest BCUT2D eigenvalue weighted by molar-refractivity contribution is 7.25. The summed E-state index contributed by atoms with van der Waals surface area (Å²) in [5, 5.41) is 5.03. The molecular formula is C58H40N2S. The summed E-state index contributed by atoms with van der Waals surface area (Å²) in [5.41, 5.74) is 13.8. The quantitative estimate of drug-likeness (QED) is 0.144. The summed E-state index contributed by atoms with van der Waals surface area (Å²) >= 11 is 1.86. The lowest BCUT2D eigenvalue weighted by Gasteiger charge is -2.29. The molecule has 0 amide bonds. The van der Waals surface area contributed by atoms with Crippen molar-refractivity contribution in [2.24, 2.45) is 0 Å². The first-order valence-corrected chi connectivity index (χ1v) is 21.6. The molecular weight excluding hydrogens is 757 g/mol. The van der Waals surface area contributed by atoms with E-state index in [1.165, 1.54) is 64.3 Å². The van der Waals surface area contributed by atoms with Crippen molar-refractivity contribution in [1.82, 2.24) is 0 Å². The molecule has 11 aromatic rings. The lowest BCUT2D eigenvalue weighted by Crippen LogP contribution is -2.11. The second-order valence-corrected chi connectivity index (χ2v) is 16.4. The average Bonchev–Trinajstić information content (AvgIpc) is 3.71. The van der Waals surface area contributed by atoms with Gasteiger partial charge in [0.25, 0.3) is 0 Å². The first-order chi connectivity index (χ1) is 30.2. The zero-order valence-corrected chi connectivity index (χ0v) is 34.2. The van der Waals surface area contributed by atoms with Gasteiger partial charge in [0.15, 0.2) is 0 Å². The van der Waals surface area contributed by atoms with Crippen molar-refractivity contribution >= 4 is 76.4 Å². The van der Waals surface area contributed by atoms with Crippen molar-refractivity contribution in [1.29, 1.82) is 0 Å². The Hall–Kier alpha value is -7.72. The zero-order valence-electron chi connectivity index (χ0n) is 33.4. The normalized spacial score (nSPS) is 11.3. The second kappa shape index (κ2) is 15.8. The topological polar surface area (TPSA) is 6.48 Å². The van der Waals surface area contributed by atoms with E-state index >= 15 is 0 Å². The number of nitrogens with zero attached hydrogens (tertiary/aromatic N) is 2. The Morgan fingerprint density at radius 2 is 0.738 bits per heavy atom. The maximum atomic E-state index is 2.44. The number of hydrogen-bond acceptors (Lipinski definition) is 3. The van der Waals surface area contributed by atoms with Crippen LogP contribution in [0.25, 0.3) is 64.3 Å². The molecule has 0 N–H and O–H groups in total. The third kappa shape index (κ3) is 6.91. The van der Waals surface area contributed by atoms with E-state index in [1.807, 2.05) is 11.3 Å². The lowest BCUT2D eigenvalue weighted by molar-refractivity contribution is 1.28. The van der Waals surface area contributed by atoms with Crippen LogP contribution in [0, 0.1) is 0 Å². The van der Waals surface area contributed by atoms with E-state index in [0.717, 1.165) is 34.1 Å². The molecule has 0 fully saturated rings. The van der Waals surface area contributed by atoms with Crippen LogP contribution in [0.15, 0.2) is 243 Å². The number of thiophene rings is 1. The molecule has 0 aliphatic carbocycles. The maximum absolute atomic E-state index is 2.44. The van der Waals surface area contributed by atoms with E-state index in [9.17, 15) is 0 Å². The lowest BCUT2D eigenvalue weighted by atomic mass is 9.96. The Balaban J connectivity index is 0.995. The van der Waals surface area contributed by atoms with Gasteiger partial charge in [-0.05, 0) is 106 Å². The summed E-state index contributed by atoms with van der Waals surface area (Å²) in [7, 11) is 0. The minimum atomic E-state index is 1.10. The monoisotopic (exact) mass is 796 g/mol. The molecule has 1 aromatic heterocycles. The van der Waals surface area contributed by atoms with Crippen LogP contribution in [-0.2, 0) is 0 Å². The molecule has 3 heteroatoms. The smallest absolute Gasteiger partial charge is 0.0546 e. The van der Waals surface area contributed by atoms with Crippen LogP contribution < -0.4 is 9.80 Å². The number of benzene rings is 10. The van der Waals surface area contributed by atoms with E-state index < -0.39 is 0 Å². The molecule has 1 heterocycles. The van der Waals surface area contributed by atoms with Crippen LogP contribution in [0.2, 0.25) is 0 Å². The molecule has 0 saturated carbocycles. The van der Waals surface area contributed by atoms with Gasteiger partial charge in [-0.2, -0.15) is 0 Å². The van der Waals surface area contributed by atoms with Gasteiger partial charge in [-0.15, -0.1) is 11.3 Å². The average molecular weight is 797 g/mol. The van der Waals surface area contributed by atoms with Crippen LogP contribution in [0.4, 0.5) is 34.1 Å². The van der Waals surface area contributed by atoms with Crippen molar-refractivity contribution in [2.45, 2.75) is 0 Å². The maximum Gasteiger partial charge on any atom is 0.0546 e. The van der Waals surface area contributed by atoms with E-state index in [0.29, 0.717) is 0 Å². The van der Waals surface area contributed by atoms with Crippen molar-refractivity contribution < 1.29 is 0 Å². The molecule has 0 aliphatic heterocycles. The number of anilines is 6. The molecule has 10 aromatic carbocycles. The predicted molar refractivity (Wildman–Crippen MR) is 263 cm³/mol. The fraction of sp³-hybridized carbons (Fsp3) is 0. The van der Waals surface area contributed by atoms with Crippen molar-refractivity contribution in [3.05, 3.63) is 243 Å². The van der Waals surface area contributed by atoms with Gasteiger partial charge < -0.3 is 9.80 Å². The number of fused-ring (bicyclic) bond motifs is 4. The van der Waals surface area contributed by atoms with Crippen molar-refractivity contribution in [3.63, 3.8) is 0 Å². The summed E-state index contributed by atoms with van der Waals surface area (Å²) in [6, 6.07) is 87.8. The zero-order chi connectivity index (χ0) is 40.5. The van der Waals surface area contributed by atoms with Crippen molar-refractivity contribution in [3.8, 4) is 33.4 Å². The van der Waals surface area contributed by atoms with Gasteiger partial charge in [-0.1, -0.05) is 170 Å². The molecule has 0 aliphatic rings. The van der Waals surface area contributed by atoms with Crippen LogP contribution in [0.1, 0.15) is 0 Å². The molecule has 0 bridgehead atoms. The van der Waals surface area contributed by atoms with Gasteiger partial charge in [-0.25, -0.2) is 0 Å². The fourth-order valence-corrected chi connectivity index (χ4v) is 9.82. The molecule has 0 atom stereocenters. The molecule has 0 radical (unpaired) electrons. The molecule has 2 nitrogen and oxygen atoms in total. The Morgan fingerprint density at radius 1 is 0.262 bits per heavy atom. The summed E-state index contributed by atoms with van der Waals surface area (Å²) in [4.78, 5) is 4.78. The highest BCUT2D eigenvalue weighted by Crippen LogP contribution is 2.46. The van der Waals surface area contributed by atoms with Gasteiger partial charge >= 0.3 is 0 Å². The standard InChI is InChI=1S/C58H40N2S/c1-4-16-43(17-5-1)54-38-45-18-10-11-19-46(45)39-56(54)60(50-36-37-53-52-25-13-15-27-57(52)61-58(53)40-50)49-34-32-42(33-35-49)41-28-30-44(31-29-41)51-24-12-14-26-55(51)59(47-20-6-2-7-21-47)48-22-8-3-9-23-48/h1-40H. The summed E-state index contributed by atoms with van der Waals surface area (Å²) in [5.74, 6) is 0. The molecule has 0 spiro atoms. The Labute approximate surface area is 360 Å². The molecule has 61 heavy (non-hydrogen) atoms. The van der Waals surface area contributed by atoms with E-state index in [1.54, 1.807) is 0 Å². The third-order valence-electron chi connectivity index (χ3n) is 11.6. The number of hydrogen-bond donors (Lipinski definition) is 0. The summed E-state index contributed by atoms with van der Waals surface area (Å²) in [6.07, 6.45) is 0. The van der Waals surface area contributed by atoms with E-state index in [2.05, 4.69) is 252 Å². The molecule has 288 valence electrons.